The van der Waals surface area contributed by atoms with Crippen LogP contribution in [-0.4, -0.2) is 11.1 Å². The predicted octanol–water partition coefficient (Wildman–Crippen LogP) is 10.2. The molecule has 0 aromatic heterocycles. The van der Waals surface area contributed by atoms with Crippen molar-refractivity contribution in [3.05, 3.63) is 24.3 Å². The minimum absolute atomic E-state index is 0.881. The fraction of sp³-hybridized carbons (Fsp3) is 0.828. The van der Waals surface area contributed by atoms with Crippen LogP contribution in [-0.2, 0) is 4.79 Å². The lowest BCUT2D eigenvalue weighted by Gasteiger charge is -2.04. The summed E-state index contributed by atoms with van der Waals surface area (Å²) >= 11 is 0. The molecule has 31 heavy (non-hydrogen) atoms. The SMILES string of the molecule is CCCCCCCCCCCCCCCCCCCCCCCC/C=C/C=C/C(=O)O. The second kappa shape index (κ2) is 27.0. The molecule has 2 nitrogen and oxygen atoms in total. The normalized spacial score (nSPS) is 11.8. The van der Waals surface area contributed by atoms with Crippen LogP contribution in [0.2, 0.25) is 0 Å². The Morgan fingerprint density at radius 1 is 0.516 bits per heavy atom. The van der Waals surface area contributed by atoms with Gasteiger partial charge in [0.1, 0.15) is 0 Å². The summed E-state index contributed by atoms with van der Waals surface area (Å²) in [6.45, 7) is 2.29. The van der Waals surface area contributed by atoms with Gasteiger partial charge in [0.05, 0.1) is 0 Å². The first-order valence-corrected chi connectivity index (χ1v) is 13.8. The Bertz CT molecular complexity index is 411. The van der Waals surface area contributed by atoms with E-state index in [2.05, 4.69) is 13.0 Å². The maximum absolute atomic E-state index is 10.3. The molecule has 182 valence electrons. The molecule has 0 unspecified atom stereocenters. The molecule has 0 aromatic rings. The smallest absolute Gasteiger partial charge is 0.328 e. The van der Waals surface area contributed by atoms with E-state index in [4.69, 9.17) is 5.11 Å². The van der Waals surface area contributed by atoms with Crippen molar-refractivity contribution in [1.29, 1.82) is 0 Å². The van der Waals surface area contributed by atoms with E-state index >= 15 is 0 Å². The Morgan fingerprint density at radius 2 is 0.839 bits per heavy atom. The fourth-order valence-electron chi connectivity index (χ4n) is 4.18. The van der Waals surface area contributed by atoms with Gasteiger partial charge in [-0.25, -0.2) is 4.79 Å². The first-order valence-electron chi connectivity index (χ1n) is 13.8. The van der Waals surface area contributed by atoms with Gasteiger partial charge in [-0.15, -0.1) is 0 Å². The molecule has 0 fully saturated rings. The molecule has 0 saturated carbocycles. The summed E-state index contributed by atoms with van der Waals surface area (Å²) in [5, 5.41) is 8.48. The van der Waals surface area contributed by atoms with Crippen molar-refractivity contribution in [1.82, 2.24) is 0 Å². The van der Waals surface area contributed by atoms with E-state index in [9.17, 15) is 4.79 Å². The van der Waals surface area contributed by atoms with Crippen molar-refractivity contribution >= 4 is 5.97 Å². The largest absolute Gasteiger partial charge is 0.478 e. The maximum Gasteiger partial charge on any atom is 0.328 e. The zero-order chi connectivity index (χ0) is 22.7. The zero-order valence-corrected chi connectivity index (χ0v) is 20.9. The van der Waals surface area contributed by atoms with Gasteiger partial charge in [-0.3, -0.25) is 0 Å². The van der Waals surface area contributed by atoms with Gasteiger partial charge >= 0.3 is 5.97 Å². The van der Waals surface area contributed by atoms with E-state index in [0.29, 0.717) is 0 Å². The third kappa shape index (κ3) is 28.9. The van der Waals surface area contributed by atoms with Crippen molar-refractivity contribution in [2.24, 2.45) is 0 Å². The lowest BCUT2D eigenvalue weighted by atomic mass is 10.0. The number of unbranched alkanes of at least 4 members (excludes halogenated alkanes) is 22. The lowest BCUT2D eigenvalue weighted by molar-refractivity contribution is -0.131. The number of rotatable bonds is 25. The first-order chi connectivity index (χ1) is 15.3. The number of hydrogen-bond donors (Lipinski definition) is 1. The van der Waals surface area contributed by atoms with E-state index < -0.39 is 5.97 Å². The summed E-state index contributed by atoms with van der Waals surface area (Å²) in [7, 11) is 0. The van der Waals surface area contributed by atoms with Crippen molar-refractivity contribution in [3.8, 4) is 0 Å². The predicted molar refractivity (Wildman–Crippen MR) is 138 cm³/mol. The topological polar surface area (TPSA) is 37.3 Å². The lowest BCUT2D eigenvalue weighted by Crippen LogP contribution is -1.84. The summed E-state index contributed by atoms with van der Waals surface area (Å²) < 4.78 is 0. The van der Waals surface area contributed by atoms with Crippen molar-refractivity contribution in [3.63, 3.8) is 0 Å². The number of allylic oxidation sites excluding steroid dienone is 3. The number of aliphatic carboxylic acids is 1. The van der Waals surface area contributed by atoms with Crippen molar-refractivity contribution in [2.75, 3.05) is 0 Å². The van der Waals surface area contributed by atoms with Gasteiger partial charge < -0.3 is 5.11 Å². The zero-order valence-electron chi connectivity index (χ0n) is 20.9. The molecule has 0 atom stereocenters. The highest BCUT2D eigenvalue weighted by molar-refractivity contribution is 5.80. The molecule has 0 aliphatic carbocycles. The summed E-state index contributed by atoms with van der Waals surface area (Å²) in [6, 6.07) is 0. The van der Waals surface area contributed by atoms with Gasteiger partial charge in [-0.05, 0) is 12.8 Å². The molecule has 0 radical (unpaired) electrons. The number of hydrogen-bond acceptors (Lipinski definition) is 1. The quantitative estimate of drug-likeness (QED) is 0.0881. The molecule has 0 amide bonds. The average molecular weight is 435 g/mol. The van der Waals surface area contributed by atoms with E-state index in [-0.39, 0.29) is 0 Å². The van der Waals surface area contributed by atoms with Crippen LogP contribution in [0, 0.1) is 0 Å². The van der Waals surface area contributed by atoms with Crippen LogP contribution in [0.3, 0.4) is 0 Å². The summed E-state index contributed by atoms with van der Waals surface area (Å²) in [5.41, 5.74) is 0. The minimum atomic E-state index is -0.881. The highest BCUT2D eigenvalue weighted by atomic mass is 16.4. The molecule has 0 rings (SSSR count). The molecule has 1 N–H and O–H groups in total. The van der Waals surface area contributed by atoms with Crippen LogP contribution in [0.15, 0.2) is 24.3 Å². The Morgan fingerprint density at radius 3 is 1.16 bits per heavy atom. The second-order valence-electron chi connectivity index (χ2n) is 9.34. The van der Waals surface area contributed by atoms with E-state index in [0.717, 1.165) is 6.42 Å². The molecule has 0 spiro atoms. The van der Waals surface area contributed by atoms with Gasteiger partial charge in [-0.1, -0.05) is 160 Å². The Labute approximate surface area is 195 Å². The molecule has 0 aromatic carbocycles. The molecule has 0 aliphatic heterocycles. The maximum atomic E-state index is 10.3. The highest BCUT2D eigenvalue weighted by Crippen LogP contribution is 2.15. The van der Waals surface area contributed by atoms with Crippen LogP contribution < -0.4 is 0 Å². The molecular weight excluding hydrogens is 380 g/mol. The van der Waals surface area contributed by atoms with E-state index in [1.807, 2.05) is 6.08 Å². The molecular formula is C29H54O2. The molecule has 0 bridgehead atoms. The second-order valence-corrected chi connectivity index (χ2v) is 9.34. The summed E-state index contributed by atoms with van der Waals surface area (Å²) in [5.74, 6) is -0.881. The number of carbonyl (C=O) groups is 1. The number of carboxylic acid groups (broad SMARTS) is 1. The van der Waals surface area contributed by atoms with Gasteiger partial charge in [0.25, 0.3) is 0 Å². The van der Waals surface area contributed by atoms with Crippen LogP contribution in [0.1, 0.15) is 155 Å². The number of carboxylic acids is 1. The van der Waals surface area contributed by atoms with Crippen LogP contribution in [0.5, 0.6) is 0 Å². The third-order valence-electron chi connectivity index (χ3n) is 6.21. The Hall–Kier alpha value is -1.05. The first kappa shape index (κ1) is 29.9. The average Bonchev–Trinajstić information content (AvgIpc) is 2.76. The third-order valence-corrected chi connectivity index (χ3v) is 6.21. The monoisotopic (exact) mass is 434 g/mol. The van der Waals surface area contributed by atoms with Crippen molar-refractivity contribution in [2.45, 2.75) is 155 Å². The fourth-order valence-corrected chi connectivity index (χ4v) is 4.18. The summed E-state index contributed by atoms with van der Waals surface area (Å²) in [6.07, 6.45) is 39.0. The van der Waals surface area contributed by atoms with E-state index in [1.54, 1.807) is 6.08 Å². The summed E-state index contributed by atoms with van der Waals surface area (Å²) in [4.78, 5) is 10.3. The molecule has 2 heteroatoms. The van der Waals surface area contributed by atoms with Crippen LogP contribution in [0.4, 0.5) is 0 Å². The van der Waals surface area contributed by atoms with Gasteiger partial charge in [0, 0.05) is 6.08 Å². The van der Waals surface area contributed by atoms with Crippen LogP contribution >= 0.6 is 0 Å². The minimum Gasteiger partial charge on any atom is -0.478 e. The van der Waals surface area contributed by atoms with E-state index in [1.165, 1.54) is 147 Å². The Balaban J connectivity index is 3.07. The van der Waals surface area contributed by atoms with Gasteiger partial charge in [-0.2, -0.15) is 0 Å². The molecule has 0 aliphatic rings. The standard InChI is InChI=1S/C29H54O2/c1-2-3-4-5-6-7-8-9-10-11-12-13-14-15-16-17-18-19-20-21-22-23-24-25-26-27-28-29(30)31/h25-28H,2-24H2,1H3,(H,30,31)/b26-25+,28-27+. The van der Waals surface area contributed by atoms with Gasteiger partial charge in [0.15, 0.2) is 0 Å². The molecule has 0 saturated heterocycles. The highest BCUT2D eigenvalue weighted by Gasteiger charge is 1.95. The Kier molecular flexibility index (Phi) is 26.1. The van der Waals surface area contributed by atoms with Crippen molar-refractivity contribution < 1.29 is 9.90 Å². The molecule has 0 heterocycles. The van der Waals surface area contributed by atoms with Gasteiger partial charge in [0.2, 0.25) is 0 Å². The van der Waals surface area contributed by atoms with Crippen LogP contribution in [0.25, 0.3) is 0 Å².